The first kappa shape index (κ1) is 22.3. The van der Waals surface area contributed by atoms with Gasteiger partial charge in [0.05, 0.1) is 13.7 Å². The third kappa shape index (κ3) is 5.09. The van der Waals surface area contributed by atoms with Gasteiger partial charge in [-0.15, -0.1) is 11.3 Å². The van der Waals surface area contributed by atoms with Crippen molar-refractivity contribution in [2.75, 3.05) is 50.1 Å². The van der Waals surface area contributed by atoms with E-state index in [1.165, 1.54) is 18.4 Å². The third-order valence-electron chi connectivity index (χ3n) is 5.30. The molecule has 0 spiro atoms. The number of aromatic nitrogens is 1. The van der Waals surface area contributed by atoms with Crippen LogP contribution in [0.1, 0.15) is 10.4 Å². The van der Waals surface area contributed by atoms with E-state index in [0.717, 1.165) is 37.6 Å². The molecule has 1 aliphatic rings. The Morgan fingerprint density at radius 3 is 2.53 bits per heavy atom. The van der Waals surface area contributed by atoms with Crippen LogP contribution in [0.3, 0.4) is 0 Å². The van der Waals surface area contributed by atoms with Gasteiger partial charge in [0.2, 0.25) is 5.91 Å². The van der Waals surface area contributed by atoms with Gasteiger partial charge >= 0.3 is 5.97 Å². The summed E-state index contributed by atoms with van der Waals surface area (Å²) in [5.41, 5.74) is 1.89. The zero-order valence-electron chi connectivity index (χ0n) is 17.6. The molecule has 0 atom stereocenters. The van der Waals surface area contributed by atoms with Gasteiger partial charge in [-0.3, -0.25) is 9.69 Å². The molecule has 1 fully saturated rings. The van der Waals surface area contributed by atoms with Crippen LogP contribution in [-0.4, -0.2) is 61.6 Å². The number of esters is 1. The summed E-state index contributed by atoms with van der Waals surface area (Å²) >= 11 is 7.29. The van der Waals surface area contributed by atoms with Gasteiger partial charge in [-0.2, -0.15) is 0 Å². The highest BCUT2D eigenvalue weighted by Gasteiger charge is 2.24. The molecule has 3 aromatic rings. The predicted molar refractivity (Wildman–Crippen MR) is 128 cm³/mol. The van der Waals surface area contributed by atoms with Crippen LogP contribution in [0.2, 0.25) is 5.02 Å². The number of nitrogens with one attached hydrogen (secondary N) is 1. The van der Waals surface area contributed by atoms with E-state index in [0.29, 0.717) is 21.2 Å². The Morgan fingerprint density at radius 1 is 1.12 bits per heavy atom. The molecule has 2 aromatic heterocycles. The Hall–Kier alpha value is -2.94. The molecular formula is C23H23ClN4O3S. The van der Waals surface area contributed by atoms with Gasteiger partial charge in [0.1, 0.15) is 16.4 Å². The zero-order chi connectivity index (χ0) is 22.5. The number of amides is 1. The highest BCUT2D eigenvalue weighted by molar-refractivity contribution is 7.15. The highest BCUT2D eigenvalue weighted by Crippen LogP contribution is 2.36. The van der Waals surface area contributed by atoms with Crippen LogP contribution in [0.15, 0.2) is 54.0 Å². The summed E-state index contributed by atoms with van der Waals surface area (Å²) in [6.07, 6.45) is 1.79. The summed E-state index contributed by atoms with van der Waals surface area (Å²) in [7, 11) is 1.33. The maximum absolute atomic E-state index is 12.7. The average molecular weight is 471 g/mol. The molecule has 1 aromatic carbocycles. The van der Waals surface area contributed by atoms with Gasteiger partial charge in [0.25, 0.3) is 0 Å². The van der Waals surface area contributed by atoms with E-state index in [1.54, 1.807) is 18.3 Å². The second kappa shape index (κ2) is 10.1. The van der Waals surface area contributed by atoms with Crippen molar-refractivity contribution in [3.8, 4) is 11.1 Å². The lowest BCUT2D eigenvalue weighted by molar-refractivity contribution is -0.117. The van der Waals surface area contributed by atoms with Crippen molar-refractivity contribution < 1.29 is 14.3 Å². The molecule has 0 bridgehead atoms. The minimum Gasteiger partial charge on any atom is -0.465 e. The zero-order valence-corrected chi connectivity index (χ0v) is 19.2. The van der Waals surface area contributed by atoms with Gasteiger partial charge in [-0.05, 0) is 29.8 Å². The van der Waals surface area contributed by atoms with Crippen LogP contribution in [0.25, 0.3) is 11.1 Å². The van der Waals surface area contributed by atoms with E-state index in [2.05, 4.69) is 20.1 Å². The third-order valence-corrected chi connectivity index (χ3v) is 6.45. The number of rotatable bonds is 6. The molecule has 1 N–H and O–H groups in total. The van der Waals surface area contributed by atoms with Crippen molar-refractivity contribution in [3.05, 3.63) is 64.6 Å². The predicted octanol–water partition coefficient (Wildman–Crippen LogP) is 4.01. The molecule has 1 saturated heterocycles. The van der Waals surface area contributed by atoms with E-state index < -0.39 is 5.97 Å². The Kier molecular flexibility index (Phi) is 7.04. The summed E-state index contributed by atoms with van der Waals surface area (Å²) in [6.45, 7) is 3.38. The quantitative estimate of drug-likeness (QED) is 0.549. The first-order valence-corrected chi connectivity index (χ1v) is 11.4. The number of hydrogen-bond acceptors (Lipinski definition) is 7. The standard InChI is InChI=1S/C23H23ClN4O3S/c1-31-23(30)21-18(16-5-7-17(24)8-6-16)15-32-22(21)26-20(29)14-27-10-12-28(13-11-27)19-4-2-3-9-25-19/h2-9,15H,10-14H2,1H3,(H,26,29). The Morgan fingerprint density at radius 2 is 1.88 bits per heavy atom. The van der Waals surface area contributed by atoms with Crippen LogP contribution >= 0.6 is 22.9 Å². The monoisotopic (exact) mass is 470 g/mol. The minimum atomic E-state index is -0.490. The topological polar surface area (TPSA) is 74.8 Å². The van der Waals surface area contributed by atoms with Crippen molar-refractivity contribution in [2.45, 2.75) is 0 Å². The van der Waals surface area contributed by atoms with Crippen molar-refractivity contribution in [3.63, 3.8) is 0 Å². The van der Waals surface area contributed by atoms with Crippen LogP contribution < -0.4 is 10.2 Å². The van der Waals surface area contributed by atoms with Crippen LogP contribution in [0.5, 0.6) is 0 Å². The highest BCUT2D eigenvalue weighted by atomic mass is 35.5. The lowest BCUT2D eigenvalue weighted by Crippen LogP contribution is -2.48. The molecule has 0 aliphatic carbocycles. The second-order valence-electron chi connectivity index (χ2n) is 7.35. The maximum atomic E-state index is 12.7. The van der Waals surface area contributed by atoms with E-state index in [1.807, 2.05) is 35.7 Å². The number of thiophene rings is 1. The minimum absolute atomic E-state index is 0.161. The van der Waals surface area contributed by atoms with Gasteiger partial charge in [0, 0.05) is 48.3 Å². The molecular weight excluding hydrogens is 448 g/mol. The summed E-state index contributed by atoms with van der Waals surface area (Å²) in [6, 6.07) is 13.1. The Labute approximate surface area is 195 Å². The van der Waals surface area contributed by atoms with Crippen molar-refractivity contribution in [2.24, 2.45) is 0 Å². The van der Waals surface area contributed by atoms with E-state index in [4.69, 9.17) is 16.3 Å². The fourth-order valence-corrected chi connectivity index (χ4v) is 4.74. The van der Waals surface area contributed by atoms with Crippen molar-refractivity contribution in [1.29, 1.82) is 0 Å². The maximum Gasteiger partial charge on any atom is 0.341 e. The number of ether oxygens (including phenoxy) is 1. The summed E-state index contributed by atoms with van der Waals surface area (Å²) in [4.78, 5) is 33.9. The summed E-state index contributed by atoms with van der Waals surface area (Å²) in [5.74, 6) is 0.300. The van der Waals surface area contributed by atoms with Crippen LogP contribution in [0.4, 0.5) is 10.8 Å². The van der Waals surface area contributed by atoms with Gasteiger partial charge in [-0.25, -0.2) is 9.78 Å². The fraction of sp³-hybridized carbons (Fsp3) is 0.261. The molecule has 0 radical (unpaired) electrons. The first-order valence-electron chi connectivity index (χ1n) is 10.2. The molecule has 0 saturated carbocycles. The number of benzene rings is 1. The van der Waals surface area contributed by atoms with E-state index >= 15 is 0 Å². The average Bonchev–Trinajstić information content (AvgIpc) is 3.23. The van der Waals surface area contributed by atoms with Crippen LogP contribution in [-0.2, 0) is 9.53 Å². The molecule has 4 rings (SSSR count). The van der Waals surface area contributed by atoms with E-state index in [-0.39, 0.29) is 12.5 Å². The summed E-state index contributed by atoms with van der Waals surface area (Å²) < 4.78 is 4.98. The number of methoxy groups -OCH3 is 1. The molecule has 9 heteroatoms. The molecule has 7 nitrogen and oxygen atoms in total. The lowest BCUT2D eigenvalue weighted by atomic mass is 10.0. The number of anilines is 2. The number of nitrogens with zero attached hydrogens (tertiary/aromatic N) is 3. The fourth-order valence-electron chi connectivity index (χ4n) is 3.64. The molecule has 1 aliphatic heterocycles. The largest absolute Gasteiger partial charge is 0.465 e. The molecule has 0 unspecified atom stereocenters. The number of halogens is 1. The van der Waals surface area contributed by atoms with Crippen molar-refractivity contribution >= 4 is 45.6 Å². The van der Waals surface area contributed by atoms with Gasteiger partial charge < -0.3 is 15.0 Å². The molecule has 166 valence electrons. The number of piperazine rings is 1. The first-order chi connectivity index (χ1) is 15.5. The van der Waals surface area contributed by atoms with Crippen LogP contribution in [0, 0.1) is 0 Å². The Balaban J connectivity index is 1.41. The number of carbonyl (C=O) groups excluding carboxylic acids is 2. The normalized spacial score (nSPS) is 14.2. The van der Waals surface area contributed by atoms with Gasteiger partial charge in [-0.1, -0.05) is 29.8 Å². The molecule has 1 amide bonds. The van der Waals surface area contributed by atoms with E-state index in [9.17, 15) is 9.59 Å². The summed E-state index contributed by atoms with van der Waals surface area (Å²) in [5, 5.41) is 5.84. The number of hydrogen-bond donors (Lipinski definition) is 1. The lowest BCUT2D eigenvalue weighted by Gasteiger charge is -2.34. The number of pyridine rings is 1. The second-order valence-corrected chi connectivity index (χ2v) is 8.67. The molecule has 32 heavy (non-hydrogen) atoms. The number of carbonyl (C=O) groups is 2. The Bertz CT molecular complexity index is 1080. The van der Waals surface area contributed by atoms with Gasteiger partial charge in [0.15, 0.2) is 0 Å². The molecule has 3 heterocycles. The smallest absolute Gasteiger partial charge is 0.341 e. The SMILES string of the molecule is COC(=O)c1c(-c2ccc(Cl)cc2)csc1NC(=O)CN1CCN(c2ccccn2)CC1. The van der Waals surface area contributed by atoms with Crippen molar-refractivity contribution in [1.82, 2.24) is 9.88 Å².